The second kappa shape index (κ2) is 6.36. The Hall–Kier alpha value is -2.12. The summed E-state index contributed by atoms with van der Waals surface area (Å²) in [5.74, 6) is -12.8. The van der Waals surface area contributed by atoms with E-state index >= 15 is 0 Å². The molecule has 0 fully saturated rings. The van der Waals surface area contributed by atoms with Gasteiger partial charge in [0.1, 0.15) is 6.61 Å². The van der Waals surface area contributed by atoms with Gasteiger partial charge in [0.15, 0.2) is 5.75 Å². The fraction of sp³-hybridized carbons (Fsp3) is 0.250. The first-order valence-corrected chi connectivity index (χ1v) is 5.20. The zero-order chi connectivity index (χ0) is 15.4. The van der Waals surface area contributed by atoms with Crippen molar-refractivity contribution >= 4 is 5.97 Å². The molecule has 0 saturated carbocycles. The van der Waals surface area contributed by atoms with Crippen LogP contribution >= 0.6 is 0 Å². The van der Waals surface area contributed by atoms with Crippen molar-refractivity contribution in [2.75, 3.05) is 13.7 Å². The Kier molecular flexibility index (Phi) is 5.06. The van der Waals surface area contributed by atoms with Crippen molar-refractivity contribution in [3.8, 4) is 5.75 Å². The summed E-state index contributed by atoms with van der Waals surface area (Å²) in [7, 11) is 1.12. The molecule has 1 aromatic rings. The molecule has 0 bridgehead atoms. The van der Waals surface area contributed by atoms with Crippen LogP contribution in [0.3, 0.4) is 0 Å². The van der Waals surface area contributed by atoms with Crippen LogP contribution in [-0.4, -0.2) is 19.7 Å². The Morgan fingerprint density at radius 2 is 1.45 bits per heavy atom. The molecule has 1 aromatic carbocycles. The second-order valence-electron chi connectivity index (χ2n) is 3.59. The summed E-state index contributed by atoms with van der Waals surface area (Å²) in [4.78, 5) is 11.0. The molecule has 0 heterocycles. The van der Waals surface area contributed by atoms with Crippen LogP contribution in [0.2, 0.25) is 0 Å². The molecule has 0 aliphatic heterocycles. The van der Waals surface area contributed by atoms with Crippen LogP contribution in [0.25, 0.3) is 0 Å². The first kappa shape index (κ1) is 15.9. The van der Waals surface area contributed by atoms with Crippen molar-refractivity contribution in [1.29, 1.82) is 0 Å². The zero-order valence-electron chi connectivity index (χ0n) is 10.4. The summed E-state index contributed by atoms with van der Waals surface area (Å²) >= 11 is 0. The molecule has 0 radical (unpaired) electrons. The minimum atomic E-state index is -2.27. The number of rotatable bonds is 4. The lowest BCUT2D eigenvalue weighted by Crippen LogP contribution is -2.08. The van der Waals surface area contributed by atoms with Gasteiger partial charge in [0.2, 0.25) is 29.1 Å². The topological polar surface area (TPSA) is 35.5 Å². The molecule has 0 spiro atoms. The summed E-state index contributed by atoms with van der Waals surface area (Å²) in [6.45, 7) is 0.757. The molecule has 0 amide bonds. The predicted molar refractivity (Wildman–Crippen MR) is 57.5 cm³/mol. The van der Waals surface area contributed by atoms with E-state index in [0.717, 1.165) is 13.2 Å². The third-order valence-electron chi connectivity index (χ3n) is 2.29. The average Bonchev–Trinajstić information content (AvgIpc) is 2.45. The number of carbonyl (C=O) groups excluding carboxylic acids is 1. The molecule has 0 atom stereocenters. The molecule has 20 heavy (non-hydrogen) atoms. The van der Waals surface area contributed by atoms with E-state index in [9.17, 15) is 26.7 Å². The van der Waals surface area contributed by atoms with E-state index in [1.165, 1.54) is 6.92 Å². The van der Waals surface area contributed by atoms with Gasteiger partial charge in [-0.05, 0) is 13.0 Å². The molecule has 3 nitrogen and oxygen atoms in total. The summed E-state index contributed by atoms with van der Waals surface area (Å²) in [5, 5.41) is 0. The molecule has 0 aliphatic rings. The van der Waals surface area contributed by atoms with E-state index in [-0.39, 0.29) is 5.57 Å². The molecule has 0 aromatic heterocycles. The highest BCUT2D eigenvalue weighted by Gasteiger charge is 2.26. The lowest BCUT2D eigenvalue weighted by atomic mass is 10.2. The Balaban J connectivity index is 2.98. The van der Waals surface area contributed by atoms with Crippen molar-refractivity contribution in [1.82, 2.24) is 0 Å². The maximum atomic E-state index is 13.2. The predicted octanol–water partition coefficient (Wildman–Crippen LogP) is 2.88. The maximum Gasteiger partial charge on any atom is 0.333 e. The Morgan fingerprint density at radius 3 is 1.90 bits per heavy atom. The van der Waals surface area contributed by atoms with E-state index in [2.05, 4.69) is 9.47 Å². The van der Waals surface area contributed by atoms with Gasteiger partial charge in [-0.1, -0.05) is 0 Å². The number of carbonyl (C=O) groups is 1. The van der Waals surface area contributed by atoms with Crippen molar-refractivity contribution in [2.45, 2.75) is 6.92 Å². The van der Waals surface area contributed by atoms with Gasteiger partial charge in [-0.25, -0.2) is 18.0 Å². The van der Waals surface area contributed by atoms with Gasteiger partial charge >= 0.3 is 5.97 Å². The summed E-state index contributed by atoms with van der Waals surface area (Å²) in [6, 6.07) is 0. The second-order valence-corrected chi connectivity index (χ2v) is 3.59. The van der Waals surface area contributed by atoms with Crippen LogP contribution < -0.4 is 4.74 Å². The standard InChI is InChI=1S/C12H9F5O3/c1-5(12(18)19-2)3-4-20-11-9(16)7(14)6(13)8(15)10(11)17/h3H,4H2,1-2H3. The quantitative estimate of drug-likeness (QED) is 0.282. The van der Waals surface area contributed by atoms with Crippen LogP contribution in [-0.2, 0) is 9.53 Å². The number of hydrogen-bond donors (Lipinski definition) is 0. The fourth-order valence-corrected chi connectivity index (χ4v) is 1.21. The van der Waals surface area contributed by atoms with Crippen molar-refractivity contribution in [2.24, 2.45) is 0 Å². The summed E-state index contributed by atoms with van der Waals surface area (Å²) in [5.41, 5.74) is 0.0522. The van der Waals surface area contributed by atoms with Gasteiger partial charge in [0.25, 0.3) is 0 Å². The monoisotopic (exact) mass is 296 g/mol. The Morgan fingerprint density at radius 1 is 1.00 bits per heavy atom. The molecular weight excluding hydrogens is 287 g/mol. The molecule has 1 rings (SSSR count). The normalized spacial score (nSPS) is 11.4. The van der Waals surface area contributed by atoms with E-state index in [0.29, 0.717) is 0 Å². The van der Waals surface area contributed by atoms with Crippen LogP contribution in [0.15, 0.2) is 11.6 Å². The molecule has 0 unspecified atom stereocenters. The smallest absolute Gasteiger partial charge is 0.333 e. The van der Waals surface area contributed by atoms with Crippen molar-refractivity contribution in [3.63, 3.8) is 0 Å². The highest BCUT2D eigenvalue weighted by molar-refractivity contribution is 5.87. The number of benzene rings is 1. The van der Waals surface area contributed by atoms with Gasteiger partial charge in [-0.15, -0.1) is 0 Å². The van der Waals surface area contributed by atoms with Crippen molar-refractivity contribution < 1.29 is 36.2 Å². The third kappa shape index (κ3) is 3.06. The molecule has 0 N–H and O–H groups in total. The Labute approximate surface area is 110 Å². The molecular formula is C12H9F5O3. The molecule has 8 heteroatoms. The average molecular weight is 296 g/mol. The largest absolute Gasteiger partial charge is 0.483 e. The highest BCUT2D eigenvalue weighted by atomic mass is 19.2. The van der Waals surface area contributed by atoms with Crippen LogP contribution in [0.5, 0.6) is 5.75 Å². The number of halogens is 5. The maximum absolute atomic E-state index is 13.2. The van der Waals surface area contributed by atoms with Crippen molar-refractivity contribution in [3.05, 3.63) is 40.7 Å². The minimum absolute atomic E-state index is 0.0522. The van der Waals surface area contributed by atoms with E-state index in [4.69, 9.17) is 0 Å². The lowest BCUT2D eigenvalue weighted by molar-refractivity contribution is -0.136. The molecule has 110 valence electrons. The van der Waals surface area contributed by atoms with Crippen LogP contribution in [0.4, 0.5) is 22.0 Å². The third-order valence-corrected chi connectivity index (χ3v) is 2.29. The number of ether oxygens (including phenoxy) is 2. The van der Waals surface area contributed by atoms with E-state index in [1.54, 1.807) is 0 Å². The first-order chi connectivity index (χ1) is 9.31. The zero-order valence-corrected chi connectivity index (χ0v) is 10.4. The number of hydrogen-bond acceptors (Lipinski definition) is 3. The number of esters is 1. The van der Waals surface area contributed by atoms with Gasteiger partial charge in [-0.3, -0.25) is 0 Å². The highest BCUT2D eigenvalue weighted by Crippen LogP contribution is 2.29. The fourth-order valence-electron chi connectivity index (χ4n) is 1.21. The molecule has 0 aliphatic carbocycles. The van der Waals surface area contributed by atoms with Gasteiger partial charge in [-0.2, -0.15) is 8.78 Å². The minimum Gasteiger partial charge on any atom is -0.483 e. The molecule has 0 saturated heterocycles. The van der Waals surface area contributed by atoms with Gasteiger partial charge in [0.05, 0.1) is 7.11 Å². The Bertz CT molecular complexity index is 540. The van der Waals surface area contributed by atoms with E-state index in [1.807, 2.05) is 0 Å². The first-order valence-electron chi connectivity index (χ1n) is 5.20. The summed E-state index contributed by atoms with van der Waals surface area (Å²) < 4.78 is 73.6. The lowest BCUT2D eigenvalue weighted by Gasteiger charge is -2.08. The van der Waals surface area contributed by atoms with Gasteiger partial charge in [0, 0.05) is 5.57 Å². The SMILES string of the molecule is COC(=O)C(C)=CCOc1c(F)c(F)c(F)c(F)c1F. The van der Waals surface area contributed by atoms with Gasteiger partial charge < -0.3 is 9.47 Å². The van der Waals surface area contributed by atoms with E-state index < -0.39 is 47.4 Å². The van der Waals surface area contributed by atoms with Crippen LogP contribution in [0.1, 0.15) is 6.92 Å². The summed E-state index contributed by atoms with van der Waals surface area (Å²) in [6.07, 6.45) is 1.07. The number of methoxy groups -OCH3 is 1. The van der Waals surface area contributed by atoms with Crippen LogP contribution in [0, 0.1) is 29.1 Å².